The first-order valence-electron chi connectivity index (χ1n) is 6.20. The van der Waals surface area contributed by atoms with Gasteiger partial charge in [-0.1, -0.05) is 15.9 Å². The van der Waals surface area contributed by atoms with Crippen molar-refractivity contribution in [3.8, 4) is 0 Å². The van der Waals surface area contributed by atoms with Gasteiger partial charge in [0.05, 0.1) is 12.1 Å². The summed E-state index contributed by atoms with van der Waals surface area (Å²) in [7, 11) is 0. The Hall–Kier alpha value is -1.63. The van der Waals surface area contributed by atoms with Crippen LogP contribution in [0, 0.1) is 11.7 Å². The molecule has 0 bridgehead atoms. The van der Waals surface area contributed by atoms with E-state index in [2.05, 4.69) is 26.6 Å². The van der Waals surface area contributed by atoms with Crippen LogP contribution >= 0.6 is 15.9 Å². The molecule has 0 heterocycles. The maximum atomic E-state index is 13.6. The molecule has 0 aliphatic heterocycles. The van der Waals surface area contributed by atoms with E-state index < -0.39 is 23.9 Å². The second kappa shape index (κ2) is 6.21. The monoisotopic (exact) mass is 344 g/mol. The summed E-state index contributed by atoms with van der Waals surface area (Å²) >= 11 is 3.12. The first kappa shape index (κ1) is 14.8. The molecule has 0 radical (unpaired) electrons. The van der Waals surface area contributed by atoms with Crippen LogP contribution in [-0.2, 0) is 4.79 Å². The van der Waals surface area contributed by atoms with Gasteiger partial charge in [-0.25, -0.2) is 9.18 Å². The second-order valence-corrected chi connectivity index (χ2v) is 5.68. The molecule has 3 N–H and O–H groups in total. The summed E-state index contributed by atoms with van der Waals surface area (Å²) in [6.45, 7) is 0. The Morgan fingerprint density at radius 1 is 1.45 bits per heavy atom. The summed E-state index contributed by atoms with van der Waals surface area (Å²) in [6.07, 6.45) is 1.69. The van der Waals surface area contributed by atoms with Crippen LogP contribution in [0.1, 0.15) is 19.3 Å². The van der Waals surface area contributed by atoms with E-state index >= 15 is 0 Å². The molecule has 1 aliphatic carbocycles. The zero-order valence-corrected chi connectivity index (χ0v) is 12.1. The summed E-state index contributed by atoms with van der Waals surface area (Å²) < 4.78 is 14.1. The first-order chi connectivity index (χ1) is 9.45. The van der Waals surface area contributed by atoms with E-state index in [4.69, 9.17) is 5.11 Å². The zero-order chi connectivity index (χ0) is 14.7. The molecule has 1 aromatic carbocycles. The standard InChI is InChI=1S/C13H14BrFN2O3/c14-8-3-4-10(9(15)5-8)16-13(20)17-11(6-12(18)19)7-1-2-7/h3-5,7,11H,1-2,6H2,(H,18,19)(H2,16,17,20). The molecule has 0 saturated heterocycles. The number of benzene rings is 1. The van der Waals surface area contributed by atoms with E-state index in [-0.39, 0.29) is 18.0 Å². The highest BCUT2D eigenvalue weighted by molar-refractivity contribution is 9.10. The number of hydrogen-bond donors (Lipinski definition) is 3. The van der Waals surface area contributed by atoms with Crippen LogP contribution in [0.2, 0.25) is 0 Å². The normalized spacial score (nSPS) is 15.5. The van der Waals surface area contributed by atoms with Crippen molar-refractivity contribution < 1.29 is 19.1 Å². The smallest absolute Gasteiger partial charge is 0.319 e. The van der Waals surface area contributed by atoms with Gasteiger partial charge in [-0.05, 0) is 37.0 Å². The lowest BCUT2D eigenvalue weighted by Gasteiger charge is -2.17. The quantitative estimate of drug-likeness (QED) is 0.768. The molecule has 5 nitrogen and oxygen atoms in total. The maximum absolute atomic E-state index is 13.6. The van der Waals surface area contributed by atoms with Crippen LogP contribution < -0.4 is 10.6 Å². The van der Waals surface area contributed by atoms with E-state index in [9.17, 15) is 14.0 Å². The minimum absolute atomic E-state index is 0.0515. The average Bonchev–Trinajstić information content (AvgIpc) is 3.15. The lowest BCUT2D eigenvalue weighted by atomic mass is 10.1. The van der Waals surface area contributed by atoms with Gasteiger partial charge in [-0.3, -0.25) is 4.79 Å². The number of carbonyl (C=O) groups excluding carboxylic acids is 1. The number of carbonyl (C=O) groups is 2. The van der Waals surface area contributed by atoms with Crippen LogP contribution in [0.3, 0.4) is 0 Å². The highest BCUT2D eigenvalue weighted by Gasteiger charge is 2.33. The molecule has 1 atom stereocenters. The van der Waals surface area contributed by atoms with E-state index in [0.29, 0.717) is 4.47 Å². The number of anilines is 1. The van der Waals surface area contributed by atoms with Crippen molar-refractivity contribution in [3.63, 3.8) is 0 Å². The topological polar surface area (TPSA) is 78.4 Å². The summed E-state index contributed by atoms with van der Waals surface area (Å²) in [4.78, 5) is 22.5. The number of amides is 2. The van der Waals surface area contributed by atoms with Crippen LogP contribution in [0.25, 0.3) is 0 Å². The molecule has 108 valence electrons. The lowest BCUT2D eigenvalue weighted by Crippen LogP contribution is -2.40. The van der Waals surface area contributed by atoms with Gasteiger partial charge in [-0.2, -0.15) is 0 Å². The number of halogens is 2. The highest BCUT2D eigenvalue weighted by atomic mass is 79.9. The van der Waals surface area contributed by atoms with Crippen LogP contribution in [0.15, 0.2) is 22.7 Å². The van der Waals surface area contributed by atoms with Gasteiger partial charge >= 0.3 is 12.0 Å². The van der Waals surface area contributed by atoms with Crippen molar-refractivity contribution in [2.75, 3.05) is 5.32 Å². The van der Waals surface area contributed by atoms with Crippen molar-refractivity contribution >= 4 is 33.6 Å². The lowest BCUT2D eigenvalue weighted by molar-refractivity contribution is -0.137. The number of aliphatic carboxylic acids is 1. The Kier molecular flexibility index (Phi) is 4.59. The molecular weight excluding hydrogens is 331 g/mol. The molecule has 20 heavy (non-hydrogen) atoms. The molecule has 7 heteroatoms. The molecule has 1 unspecified atom stereocenters. The minimum atomic E-state index is -0.961. The van der Waals surface area contributed by atoms with Crippen molar-refractivity contribution in [3.05, 3.63) is 28.5 Å². The molecule has 0 aromatic heterocycles. The Labute approximate surface area is 123 Å². The van der Waals surface area contributed by atoms with Gasteiger partial charge in [0.15, 0.2) is 0 Å². The fourth-order valence-electron chi connectivity index (χ4n) is 1.94. The van der Waals surface area contributed by atoms with Gasteiger partial charge in [0.1, 0.15) is 5.82 Å². The molecule has 2 rings (SSSR count). The van der Waals surface area contributed by atoms with Gasteiger partial charge in [-0.15, -0.1) is 0 Å². The van der Waals surface area contributed by atoms with Gasteiger partial charge in [0.25, 0.3) is 0 Å². The number of nitrogens with one attached hydrogen (secondary N) is 2. The van der Waals surface area contributed by atoms with E-state index in [0.717, 1.165) is 12.8 Å². The van der Waals surface area contributed by atoms with E-state index in [1.807, 2.05) is 0 Å². The highest BCUT2D eigenvalue weighted by Crippen LogP contribution is 2.34. The van der Waals surface area contributed by atoms with Crippen LogP contribution in [0.5, 0.6) is 0 Å². The largest absolute Gasteiger partial charge is 0.481 e. The third kappa shape index (κ3) is 4.19. The minimum Gasteiger partial charge on any atom is -0.481 e. The van der Waals surface area contributed by atoms with E-state index in [1.54, 1.807) is 6.07 Å². The SMILES string of the molecule is O=C(O)CC(NC(=O)Nc1ccc(Br)cc1F)C1CC1. The third-order valence-corrected chi connectivity index (χ3v) is 3.57. The fraction of sp³-hybridized carbons (Fsp3) is 0.385. The Morgan fingerprint density at radius 3 is 2.70 bits per heavy atom. The second-order valence-electron chi connectivity index (χ2n) is 4.76. The summed E-state index contributed by atoms with van der Waals surface area (Å²) in [5, 5.41) is 13.8. The number of carboxylic acid groups (broad SMARTS) is 1. The maximum Gasteiger partial charge on any atom is 0.319 e. The Morgan fingerprint density at radius 2 is 2.15 bits per heavy atom. The number of hydrogen-bond acceptors (Lipinski definition) is 2. The van der Waals surface area contributed by atoms with Gasteiger partial charge in [0.2, 0.25) is 0 Å². The zero-order valence-electron chi connectivity index (χ0n) is 10.5. The molecule has 1 aromatic rings. The number of carboxylic acids is 1. The first-order valence-corrected chi connectivity index (χ1v) is 6.99. The van der Waals surface area contributed by atoms with Crippen molar-refractivity contribution in [1.82, 2.24) is 5.32 Å². The van der Waals surface area contributed by atoms with Crippen molar-refractivity contribution in [2.24, 2.45) is 5.92 Å². The number of urea groups is 1. The Bertz CT molecular complexity index is 534. The predicted octanol–water partition coefficient (Wildman–Crippen LogP) is 2.96. The van der Waals surface area contributed by atoms with Gasteiger partial charge in [0, 0.05) is 10.5 Å². The summed E-state index contributed by atoms with van der Waals surface area (Å²) in [5.41, 5.74) is 0.0515. The molecule has 1 saturated carbocycles. The molecule has 1 aliphatic rings. The average molecular weight is 345 g/mol. The molecular formula is C13H14BrFN2O3. The number of rotatable bonds is 5. The molecule has 2 amide bonds. The van der Waals surface area contributed by atoms with Crippen LogP contribution in [-0.4, -0.2) is 23.1 Å². The van der Waals surface area contributed by atoms with Crippen molar-refractivity contribution in [2.45, 2.75) is 25.3 Å². The fourth-order valence-corrected chi connectivity index (χ4v) is 2.27. The summed E-state index contributed by atoms with van der Waals surface area (Å²) in [5.74, 6) is -1.32. The third-order valence-electron chi connectivity index (χ3n) is 3.08. The van der Waals surface area contributed by atoms with Crippen molar-refractivity contribution in [1.29, 1.82) is 0 Å². The Balaban J connectivity index is 1.95. The molecule has 0 spiro atoms. The summed E-state index contributed by atoms with van der Waals surface area (Å²) in [6, 6.07) is 3.28. The van der Waals surface area contributed by atoms with Crippen LogP contribution in [0.4, 0.5) is 14.9 Å². The molecule has 1 fully saturated rings. The van der Waals surface area contributed by atoms with E-state index in [1.165, 1.54) is 12.1 Å². The van der Waals surface area contributed by atoms with Gasteiger partial charge < -0.3 is 15.7 Å². The predicted molar refractivity (Wildman–Crippen MR) is 75.0 cm³/mol.